The molecule has 2 aliphatic heterocycles. The lowest BCUT2D eigenvalue weighted by Gasteiger charge is -2.28. The van der Waals surface area contributed by atoms with Crippen LogP contribution in [0.4, 0.5) is 0 Å². The number of benzene rings is 1. The summed E-state index contributed by atoms with van der Waals surface area (Å²) in [7, 11) is 0. The van der Waals surface area contributed by atoms with E-state index in [1.807, 2.05) is 28.5 Å². The number of hydrogen-bond donors (Lipinski definition) is 0. The van der Waals surface area contributed by atoms with Crippen molar-refractivity contribution in [3.8, 4) is 11.5 Å². The highest BCUT2D eigenvalue weighted by Crippen LogP contribution is 2.42. The summed E-state index contributed by atoms with van der Waals surface area (Å²) in [6.45, 7) is 1.88. The normalized spacial score (nSPS) is 19.8. The molecule has 24 heavy (non-hydrogen) atoms. The fourth-order valence-corrected chi connectivity index (χ4v) is 3.79. The zero-order valence-electron chi connectivity index (χ0n) is 13.2. The number of carbonyl (C=O) groups excluding carboxylic acids is 1. The second-order valence-corrected chi connectivity index (χ2v) is 6.53. The van der Waals surface area contributed by atoms with Crippen molar-refractivity contribution in [2.75, 3.05) is 19.8 Å². The van der Waals surface area contributed by atoms with Crippen LogP contribution < -0.4 is 9.47 Å². The van der Waals surface area contributed by atoms with Gasteiger partial charge in [-0.15, -0.1) is 11.3 Å². The van der Waals surface area contributed by atoms with Crippen LogP contribution in [0.5, 0.6) is 11.5 Å². The van der Waals surface area contributed by atoms with Crippen molar-refractivity contribution in [3.05, 3.63) is 46.4 Å². The first-order valence-corrected chi connectivity index (χ1v) is 9.02. The molecule has 1 fully saturated rings. The largest absolute Gasteiger partial charge is 0.486 e. The summed E-state index contributed by atoms with van der Waals surface area (Å²) in [6.07, 6.45) is 5.32. The van der Waals surface area contributed by atoms with Crippen LogP contribution in [0.1, 0.15) is 30.1 Å². The number of thiazole rings is 1. The van der Waals surface area contributed by atoms with Crippen molar-refractivity contribution in [1.82, 2.24) is 9.88 Å². The van der Waals surface area contributed by atoms with Gasteiger partial charge in [-0.05, 0) is 25.0 Å². The molecule has 1 amide bonds. The number of hydrogen-bond acceptors (Lipinski definition) is 5. The van der Waals surface area contributed by atoms with Gasteiger partial charge in [0.2, 0.25) is 5.91 Å². The zero-order chi connectivity index (χ0) is 16.4. The van der Waals surface area contributed by atoms with Gasteiger partial charge < -0.3 is 14.4 Å². The minimum absolute atomic E-state index is 0.0137. The van der Waals surface area contributed by atoms with Gasteiger partial charge in [-0.2, -0.15) is 0 Å². The minimum Gasteiger partial charge on any atom is -0.486 e. The molecule has 0 N–H and O–H groups in total. The molecular formula is C18H18N2O3S. The molecule has 124 valence electrons. The van der Waals surface area contributed by atoms with E-state index in [1.54, 1.807) is 17.7 Å². The van der Waals surface area contributed by atoms with Crippen molar-refractivity contribution in [2.24, 2.45) is 0 Å². The smallest absolute Gasteiger partial charge is 0.247 e. The number of amides is 1. The van der Waals surface area contributed by atoms with Gasteiger partial charge in [-0.1, -0.05) is 12.1 Å². The van der Waals surface area contributed by atoms with Crippen LogP contribution in [-0.4, -0.2) is 35.5 Å². The van der Waals surface area contributed by atoms with E-state index in [4.69, 9.17) is 9.47 Å². The molecule has 1 unspecified atom stereocenters. The van der Waals surface area contributed by atoms with Gasteiger partial charge in [0.1, 0.15) is 13.2 Å². The molecule has 5 nitrogen and oxygen atoms in total. The Morgan fingerprint density at radius 3 is 3.12 bits per heavy atom. The van der Waals surface area contributed by atoms with Gasteiger partial charge in [0.15, 0.2) is 11.5 Å². The van der Waals surface area contributed by atoms with E-state index in [0.717, 1.165) is 42.1 Å². The van der Waals surface area contributed by atoms with Crippen molar-refractivity contribution >= 4 is 23.3 Å². The molecule has 2 aromatic rings. The fourth-order valence-electron chi connectivity index (χ4n) is 3.27. The molecule has 6 heteroatoms. The Morgan fingerprint density at radius 1 is 1.33 bits per heavy atom. The standard InChI is InChI=1S/C18H18N2O3S/c21-17(7-6-13-11-24-12-19-13)20-8-2-4-15(20)14-3-1-5-16-18(14)23-10-9-22-16/h1,3,5-7,11-12,15H,2,4,8-10H2/b7-6+. The first-order chi connectivity index (χ1) is 11.8. The van der Waals surface area contributed by atoms with Crippen molar-refractivity contribution in [1.29, 1.82) is 0 Å². The maximum Gasteiger partial charge on any atom is 0.247 e. The van der Waals surface area contributed by atoms with Gasteiger partial charge in [0.05, 0.1) is 17.2 Å². The summed E-state index contributed by atoms with van der Waals surface area (Å²) < 4.78 is 11.5. The highest BCUT2D eigenvalue weighted by molar-refractivity contribution is 7.07. The number of ether oxygens (including phenoxy) is 2. The van der Waals surface area contributed by atoms with Crippen molar-refractivity contribution < 1.29 is 14.3 Å². The second-order valence-electron chi connectivity index (χ2n) is 5.81. The van der Waals surface area contributed by atoms with Crippen molar-refractivity contribution in [2.45, 2.75) is 18.9 Å². The molecule has 4 rings (SSSR count). The number of para-hydroxylation sites is 1. The molecule has 2 aliphatic rings. The summed E-state index contributed by atoms with van der Waals surface area (Å²) in [6, 6.07) is 5.96. The number of nitrogens with zero attached hydrogens (tertiary/aromatic N) is 2. The Morgan fingerprint density at radius 2 is 2.25 bits per heavy atom. The first kappa shape index (κ1) is 15.2. The fraction of sp³-hybridized carbons (Fsp3) is 0.333. The molecule has 0 bridgehead atoms. The van der Waals surface area contributed by atoms with Gasteiger partial charge in [-0.25, -0.2) is 4.98 Å². The summed E-state index contributed by atoms with van der Waals surface area (Å²) in [4.78, 5) is 18.7. The summed E-state index contributed by atoms with van der Waals surface area (Å²) >= 11 is 1.52. The number of fused-ring (bicyclic) bond motifs is 1. The van der Waals surface area contributed by atoms with Gasteiger partial charge in [0.25, 0.3) is 0 Å². The maximum atomic E-state index is 12.6. The predicted octanol–water partition coefficient (Wildman–Crippen LogP) is 3.29. The SMILES string of the molecule is O=C(/C=C/c1cscn1)N1CCCC1c1cccc2c1OCCO2. The van der Waals surface area contributed by atoms with Crippen LogP contribution in [0.15, 0.2) is 35.2 Å². The lowest BCUT2D eigenvalue weighted by molar-refractivity contribution is -0.126. The van der Waals surface area contributed by atoms with E-state index in [-0.39, 0.29) is 11.9 Å². The molecule has 1 saturated heterocycles. The van der Waals surface area contributed by atoms with Crippen LogP contribution in [-0.2, 0) is 4.79 Å². The Kier molecular flexibility index (Phi) is 4.21. The minimum atomic E-state index is 0.0137. The molecule has 1 aromatic carbocycles. The quantitative estimate of drug-likeness (QED) is 0.803. The third-order valence-corrected chi connectivity index (χ3v) is 4.94. The first-order valence-electron chi connectivity index (χ1n) is 8.08. The van der Waals surface area contributed by atoms with E-state index in [9.17, 15) is 4.79 Å². The monoisotopic (exact) mass is 342 g/mol. The summed E-state index contributed by atoms with van der Waals surface area (Å²) in [5, 5.41) is 1.92. The number of aromatic nitrogens is 1. The van der Waals surface area contributed by atoms with Gasteiger partial charge in [0, 0.05) is 23.6 Å². The molecule has 1 atom stereocenters. The number of carbonyl (C=O) groups is 1. The second kappa shape index (κ2) is 6.65. The van der Waals surface area contributed by atoms with E-state index in [2.05, 4.69) is 4.98 Å². The van der Waals surface area contributed by atoms with Gasteiger partial charge in [-0.3, -0.25) is 4.79 Å². The molecule has 0 aliphatic carbocycles. The summed E-state index contributed by atoms with van der Waals surface area (Å²) in [5.74, 6) is 1.58. The average Bonchev–Trinajstić information content (AvgIpc) is 3.31. The van der Waals surface area contributed by atoms with E-state index in [1.165, 1.54) is 11.3 Å². The predicted molar refractivity (Wildman–Crippen MR) is 92.3 cm³/mol. The van der Waals surface area contributed by atoms with Crippen LogP contribution in [0.25, 0.3) is 6.08 Å². The molecule has 1 aromatic heterocycles. The average molecular weight is 342 g/mol. The van der Waals surface area contributed by atoms with E-state index < -0.39 is 0 Å². The van der Waals surface area contributed by atoms with Crippen LogP contribution in [0.2, 0.25) is 0 Å². The highest BCUT2D eigenvalue weighted by Gasteiger charge is 2.32. The third kappa shape index (κ3) is 2.89. The van der Waals surface area contributed by atoms with Crippen LogP contribution in [0, 0.1) is 0 Å². The molecule has 0 radical (unpaired) electrons. The highest BCUT2D eigenvalue weighted by atomic mass is 32.1. The molecule has 0 spiro atoms. The zero-order valence-corrected chi connectivity index (χ0v) is 14.0. The van der Waals surface area contributed by atoms with Gasteiger partial charge >= 0.3 is 0 Å². The molecule has 3 heterocycles. The van der Waals surface area contributed by atoms with Crippen molar-refractivity contribution in [3.63, 3.8) is 0 Å². The number of rotatable bonds is 3. The lowest BCUT2D eigenvalue weighted by atomic mass is 10.0. The molecular weight excluding hydrogens is 324 g/mol. The number of likely N-dealkylation sites (tertiary alicyclic amines) is 1. The van der Waals surface area contributed by atoms with Crippen LogP contribution >= 0.6 is 11.3 Å². The lowest BCUT2D eigenvalue weighted by Crippen LogP contribution is -2.29. The van der Waals surface area contributed by atoms with E-state index in [0.29, 0.717) is 13.2 Å². The Bertz CT molecular complexity index is 758. The topological polar surface area (TPSA) is 51.7 Å². The Balaban J connectivity index is 1.58. The summed E-state index contributed by atoms with van der Waals surface area (Å²) in [5.41, 5.74) is 3.62. The van der Waals surface area contributed by atoms with E-state index >= 15 is 0 Å². The van der Waals surface area contributed by atoms with Crippen LogP contribution in [0.3, 0.4) is 0 Å². The Hall–Kier alpha value is -2.34. The molecule has 0 saturated carbocycles. The Labute approximate surface area is 144 Å². The third-order valence-electron chi connectivity index (χ3n) is 4.34. The maximum absolute atomic E-state index is 12.6.